The number of nitrogens with two attached hydrogens (primary N) is 1. The number of furan rings is 1. The van der Waals surface area contributed by atoms with Crippen molar-refractivity contribution in [3.8, 4) is 11.6 Å². The van der Waals surface area contributed by atoms with Gasteiger partial charge in [-0.1, -0.05) is 56.8 Å². The summed E-state index contributed by atoms with van der Waals surface area (Å²) in [5, 5.41) is 9.27. The summed E-state index contributed by atoms with van der Waals surface area (Å²) in [6, 6.07) is 12.2. The second-order valence-corrected chi connectivity index (χ2v) is 8.33. The molecule has 0 bridgehead atoms. The number of rotatable bonds is 7. The minimum Gasteiger partial charge on any atom is -0.461 e. The van der Waals surface area contributed by atoms with Crippen molar-refractivity contribution in [2.75, 3.05) is 0 Å². The van der Waals surface area contributed by atoms with E-state index in [0.29, 0.717) is 18.1 Å². The van der Waals surface area contributed by atoms with Crippen LogP contribution >= 0.6 is 11.8 Å². The Balaban J connectivity index is 1.77. The fourth-order valence-corrected chi connectivity index (χ4v) is 3.58. The zero-order valence-electron chi connectivity index (χ0n) is 15.8. The lowest BCUT2D eigenvalue weighted by Gasteiger charge is -2.19. The van der Waals surface area contributed by atoms with Crippen LogP contribution in [0, 0.1) is 0 Å². The lowest BCUT2D eigenvalue weighted by atomic mass is 9.87. The molecule has 1 aromatic carbocycles. The second kappa shape index (κ2) is 8.00. The van der Waals surface area contributed by atoms with Crippen LogP contribution in [-0.2, 0) is 22.5 Å². The molecule has 2 heterocycles. The summed E-state index contributed by atoms with van der Waals surface area (Å²) in [5.74, 6) is 1.63. The summed E-state index contributed by atoms with van der Waals surface area (Å²) in [6.45, 7) is 7.03. The molecule has 0 aliphatic carbocycles. The largest absolute Gasteiger partial charge is 0.461 e. The maximum Gasteiger partial charge on any atom is 0.219 e. The van der Waals surface area contributed by atoms with Gasteiger partial charge in [0, 0.05) is 18.7 Å². The summed E-state index contributed by atoms with van der Waals surface area (Å²) in [6.07, 6.45) is 1.81. The van der Waals surface area contributed by atoms with Gasteiger partial charge in [0.2, 0.25) is 5.91 Å². The summed E-state index contributed by atoms with van der Waals surface area (Å²) >= 11 is 1.58. The molecule has 0 aliphatic rings. The van der Waals surface area contributed by atoms with Gasteiger partial charge in [0.25, 0.3) is 0 Å². The van der Waals surface area contributed by atoms with Gasteiger partial charge in [-0.15, -0.1) is 10.2 Å². The first kappa shape index (κ1) is 19.2. The molecule has 27 heavy (non-hydrogen) atoms. The first-order chi connectivity index (χ1) is 12.8. The van der Waals surface area contributed by atoms with E-state index in [9.17, 15) is 4.79 Å². The molecule has 2 N–H and O–H groups in total. The number of carbonyl (C=O) groups excluding carboxylic acids is 1. The average Bonchev–Trinajstić information content (AvgIpc) is 3.27. The Labute approximate surface area is 163 Å². The zero-order valence-corrected chi connectivity index (χ0v) is 16.6. The number of hydrogen-bond donors (Lipinski definition) is 1. The van der Waals surface area contributed by atoms with E-state index in [-0.39, 0.29) is 17.7 Å². The lowest BCUT2D eigenvalue weighted by molar-refractivity contribution is -0.118. The summed E-state index contributed by atoms with van der Waals surface area (Å²) in [5.41, 5.74) is 7.97. The molecule has 3 rings (SSSR count). The first-order valence-corrected chi connectivity index (χ1v) is 9.81. The van der Waals surface area contributed by atoms with Crippen LogP contribution in [0.2, 0.25) is 0 Å². The molecule has 0 fully saturated rings. The highest BCUT2D eigenvalue weighted by Gasteiger charge is 2.17. The molecule has 7 heteroatoms. The normalized spacial score (nSPS) is 11.7. The minimum atomic E-state index is -0.359. The van der Waals surface area contributed by atoms with E-state index >= 15 is 0 Å². The first-order valence-electron chi connectivity index (χ1n) is 8.82. The smallest absolute Gasteiger partial charge is 0.219 e. The Hall–Kier alpha value is -2.54. The summed E-state index contributed by atoms with van der Waals surface area (Å²) in [4.78, 5) is 11.2. The number of aromatic nitrogens is 3. The van der Waals surface area contributed by atoms with Gasteiger partial charge < -0.3 is 10.2 Å². The molecule has 6 nitrogen and oxygen atoms in total. The Morgan fingerprint density at radius 1 is 1.19 bits per heavy atom. The predicted octanol–water partition coefficient (Wildman–Crippen LogP) is 4.00. The van der Waals surface area contributed by atoms with E-state index < -0.39 is 0 Å². The van der Waals surface area contributed by atoms with Gasteiger partial charge in [0.1, 0.15) is 0 Å². The monoisotopic (exact) mass is 384 g/mol. The number of carbonyl (C=O) groups is 1. The van der Waals surface area contributed by atoms with Crippen LogP contribution in [0.5, 0.6) is 0 Å². The molecule has 0 unspecified atom stereocenters. The van der Waals surface area contributed by atoms with Crippen molar-refractivity contribution in [2.45, 2.75) is 50.1 Å². The third-order valence-electron chi connectivity index (χ3n) is 4.23. The molecule has 0 spiro atoms. The van der Waals surface area contributed by atoms with E-state index in [1.165, 1.54) is 11.1 Å². The Kier molecular flexibility index (Phi) is 5.70. The molecule has 3 aromatic rings. The van der Waals surface area contributed by atoms with Gasteiger partial charge in [-0.05, 0) is 28.7 Å². The van der Waals surface area contributed by atoms with Crippen molar-refractivity contribution >= 4 is 17.7 Å². The molecule has 0 saturated heterocycles. The van der Waals surface area contributed by atoms with E-state index in [0.717, 1.165) is 10.9 Å². The van der Waals surface area contributed by atoms with Crippen molar-refractivity contribution in [2.24, 2.45) is 5.73 Å². The van der Waals surface area contributed by atoms with E-state index in [4.69, 9.17) is 10.2 Å². The molecule has 0 radical (unpaired) electrons. The Morgan fingerprint density at radius 2 is 1.93 bits per heavy atom. The number of nitrogens with zero attached hydrogens (tertiary/aromatic N) is 3. The van der Waals surface area contributed by atoms with Crippen molar-refractivity contribution in [3.05, 3.63) is 53.8 Å². The highest BCUT2D eigenvalue weighted by Crippen LogP contribution is 2.28. The van der Waals surface area contributed by atoms with E-state index in [1.54, 1.807) is 24.1 Å². The average molecular weight is 385 g/mol. The molecule has 0 aliphatic heterocycles. The van der Waals surface area contributed by atoms with Crippen LogP contribution in [0.25, 0.3) is 11.6 Å². The van der Waals surface area contributed by atoms with Gasteiger partial charge in [-0.2, -0.15) is 0 Å². The van der Waals surface area contributed by atoms with Gasteiger partial charge in [-0.3, -0.25) is 9.36 Å². The number of hydrogen-bond acceptors (Lipinski definition) is 5. The molecule has 0 atom stereocenters. The molecule has 142 valence electrons. The van der Waals surface area contributed by atoms with Gasteiger partial charge >= 0.3 is 0 Å². The molecular formula is C20H24N4O2S. The lowest BCUT2D eigenvalue weighted by Crippen LogP contribution is -2.15. The molecule has 2 aromatic heterocycles. The van der Waals surface area contributed by atoms with Crippen molar-refractivity contribution in [1.82, 2.24) is 14.8 Å². The van der Waals surface area contributed by atoms with Crippen LogP contribution in [0.3, 0.4) is 0 Å². The van der Waals surface area contributed by atoms with Crippen LogP contribution in [0.15, 0.2) is 52.2 Å². The molecule has 0 saturated carbocycles. The van der Waals surface area contributed by atoms with Crippen LogP contribution in [0.1, 0.15) is 38.3 Å². The Bertz CT molecular complexity index is 893. The molecular weight excluding hydrogens is 360 g/mol. The SMILES string of the molecule is CC(C)(C)c1ccc(CSc2nnc(-c3ccco3)n2CCC(N)=O)cc1. The minimum absolute atomic E-state index is 0.137. The quantitative estimate of drug-likeness (QED) is 0.622. The van der Waals surface area contributed by atoms with Crippen LogP contribution < -0.4 is 5.73 Å². The summed E-state index contributed by atoms with van der Waals surface area (Å²) < 4.78 is 7.33. The number of primary amides is 1. The van der Waals surface area contributed by atoms with Crippen molar-refractivity contribution in [1.29, 1.82) is 0 Å². The number of benzene rings is 1. The van der Waals surface area contributed by atoms with E-state index in [1.807, 2.05) is 10.6 Å². The van der Waals surface area contributed by atoms with Crippen molar-refractivity contribution in [3.63, 3.8) is 0 Å². The van der Waals surface area contributed by atoms with Gasteiger partial charge in [0.05, 0.1) is 6.26 Å². The standard InChI is InChI=1S/C20H24N4O2S/c1-20(2,3)15-8-6-14(7-9-15)13-27-19-23-22-18(16-5-4-12-26-16)24(19)11-10-17(21)25/h4-9,12H,10-11,13H2,1-3H3,(H2,21,25). The van der Waals surface area contributed by atoms with E-state index in [2.05, 4.69) is 55.2 Å². The number of amides is 1. The fraction of sp³-hybridized carbons (Fsp3) is 0.350. The second-order valence-electron chi connectivity index (χ2n) is 7.39. The predicted molar refractivity (Wildman–Crippen MR) is 106 cm³/mol. The third kappa shape index (κ3) is 4.80. The van der Waals surface area contributed by atoms with Gasteiger partial charge in [0.15, 0.2) is 16.7 Å². The third-order valence-corrected chi connectivity index (χ3v) is 5.27. The van der Waals surface area contributed by atoms with Crippen LogP contribution in [0.4, 0.5) is 0 Å². The maximum absolute atomic E-state index is 11.2. The maximum atomic E-state index is 11.2. The fourth-order valence-electron chi connectivity index (χ4n) is 2.66. The zero-order chi connectivity index (χ0) is 19.4. The highest BCUT2D eigenvalue weighted by molar-refractivity contribution is 7.98. The summed E-state index contributed by atoms with van der Waals surface area (Å²) in [7, 11) is 0. The Morgan fingerprint density at radius 3 is 2.52 bits per heavy atom. The van der Waals surface area contributed by atoms with Gasteiger partial charge in [-0.25, -0.2) is 0 Å². The number of thioether (sulfide) groups is 1. The topological polar surface area (TPSA) is 86.9 Å². The van der Waals surface area contributed by atoms with Crippen molar-refractivity contribution < 1.29 is 9.21 Å². The van der Waals surface area contributed by atoms with Crippen LogP contribution in [-0.4, -0.2) is 20.7 Å². The molecule has 1 amide bonds. The highest BCUT2D eigenvalue weighted by atomic mass is 32.2.